The number of nitrogens with one attached hydrogen (secondary N) is 1. The van der Waals surface area contributed by atoms with E-state index in [2.05, 4.69) is 10.3 Å². The molecule has 0 radical (unpaired) electrons. The Labute approximate surface area is 144 Å². The second kappa shape index (κ2) is 7.03. The van der Waals surface area contributed by atoms with Crippen molar-refractivity contribution in [1.29, 1.82) is 0 Å². The van der Waals surface area contributed by atoms with Crippen molar-refractivity contribution in [2.24, 2.45) is 0 Å². The molecule has 3 aromatic rings. The standard InChI is InChI=1S/C18H17ClN2O3/c1-11(22)10-20-18(23)13-5-6-15-16(9-13)24-17(21-15)8-12-3-2-4-14(19)7-12/h2-7,9,11,22H,8,10H2,1H3,(H,20,23)/t11-/m0/s1. The summed E-state index contributed by atoms with van der Waals surface area (Å²) in [6, 6.07) is 12.6. The number of nitrogens with zero attached hydrogens (tertiary/aromatic N) is 1. The maximum Gasteiger partial charge on any atom is 0.251 e. The van der Waals surface area contributed by atoms with Gasteiger partial charge in [0.1, 0.15) is 5.52 Å². The third-order valence-electron chi connectivity index (χ3n) is 3.50. The van der Waals surface area contributed by atoms with Crippen molar-refractivity contribution < 1.29 is 14.3 Å². The molecule has 6 heteroatoms. The van der Waals surface area contributed by atoms with Gasteiger partial charge in [-0.25, -0.2) is 4.98 Å². The Morgan fingerprint density at radius 2 is 2.17 bits per heavy atom. The molecule has 0 bridgehead atoms. The number of benzene rings is 2. The van der Waals surface area contributed by atoms with E-state index in [1.165, 1.54) is 0 Å². The molecule has 24 heavy (non-hydrogen) atoms. The van der Waals surface area contributed by atoms with Gasteiger partial charge < -0.3 is 14.8 Å². The smallest absolute Gasteiger partial charge is 0.251 e. The highest BCUT2D eigenvalue weighted by atomic mass is 35.5. The Hall–Kier alpha value is -2.37. The number of rotatable bonds is 5. The van der Waals surface area contributed by atoms with Gasteiger partial charge in [-0.1, -0.05) is 23.7 Å². The molecule has 2 N–H and O–H groups in total. The number of oxazole rings is 1. The molecule has 2 aromatic carbocycles. The minimum absolute atomic E-state index is 0.202. The van der Waals surface area contributed by atoms with Crippen molar-refractivity contribution in [3.05, 3.63) is 64.5 Å². The van der Waals surface area contributed by atoms with Crippen LogP contribution in [0, 0.1) is 0 Å². The zero-order chi connectivity index (χ0) is 17.1. The predicted molar refractivity (Wildman–Crippen MR) is 92.3 cm³/mol. The Bertz CT molecular complexity index is 874. The number of hydrogen-bond acceptors (Lipinski definition) is 4. The summed E-state index contributed by atoms with van der Waals surface area (Å²) in [7, 11) is 0. The lowest BCUT2D eigenvalue weighted by Gasteiger charge is -2.06. The van der Waals surface area contributed by atoms with Crippen LogP contribution in [0.4, 0.5) is 0 Å². The van der Waals surface area contributed by atoms with Crippen LogP contribution in [0.3, 0.4) is 0 Å². The molecule has 1 aromatic heterocycles. The normalized spacial score (nSPS) is 12.3. The lowest BCUT2D eigenvalue weighted by Crippen LogP contribution is -2.30. The summed E-state index contributed by atoms with van der Waals surface area (Å²) >= 11 is 5.98. The number of aromatic nitrogens is 1. The quantitative estimate of drug-likeness (QED) is 0.745. The van der Waals surface area contributed by atoms with Gasteiger partial charge in [0.25, 0.3) is 5.91 Å². The van der Waals surface area contributed by atoms with Gasteiger partial charge in [-0.3, -0.25) is 4.79 Å². The summed E-state index contributed by atoms with van der Waals surface area (Å²) in [6.07, 6.45) is -0.0639. The second-order valence-electron chi connectivity index (χ2n) is 5.66. The molecule has 0 aliphatic carbocycles. The average Bonchev–Trinajstić information content (AvgIpc) is 2.93. The molecule has 0 aliphatic heterocycles. The van der Waals surface area contributed by atoms with Crippen molar-refractivity contribution in [2.45, 2.75) is 19.4 Å². The molecular weight excluding hydrogens is 328 g/mol. The summed E-state index contributed by atoms with van der Waals surface area (Å²) in [6.45, 7) is 1.81. The monoisotopic (exact) mass is 344 g/mol. The molecule has 1 heterocycles. The second-order valence-corrected chi connectivity index (χ2v) is 6.09. The Morgan fingerprint density at radius 1 is 1.33 bits per heavy atom. The molecule has 0 aliphatic rings. The van der Waals surface area contributed by atoms with Crippen LogP contribution in [0.1, 0.15) is 28.7 Å². The van der Waals surface area contributed by atoms with Crippen molar-refractivity contribution >= 4 is 28.6 Å². The molecule has 0 fully saturated rings. The number of aliphatic hydroxyl groups excluding tert-OH is 1. The average molecular weight is 345 g/mol. The summed E-state index contributed by atoms with van der Waals surface area (Å²) in [5, 5.41) is 12.5. The molecule has 0 spiro atoms. The van der Waals surface area contributed by atoms with Crippen molar-refractivity contribution in [1.82, 2.24) is 10.3 Å². The molecule has 0 saturated heterocycles. The van der Waals surface area contributed by atoms with E-state index in [-0.39, 0.29) is 12.5 Å². The van der Waals surface area contributed by atoms with Crippen molar-refractivity contribution in [3.63, 3.8) is 0 Å². The van der Waals surface area contributed by atoms with Gasteiger partial charge in [0.05, 0.1) is 6.10 Å². The highest BCUT2D eigenvalue weighted by Crippen LogP contribution is 2.20. The van der Waals surface area contributed by atoms with Gasteiger partial charge >= 0.3 is 0 Å². The number of carbonyl (C=O) groups is 1. The lowest BCUT2D eigenvalue weighted by molar-refractivity contribution is 0.0924. The Kier molecular flexibility index (Phi) is 4.83. The van der Waals surface area contributed by atoms with E-state index in [1.54, 1.807) is 25.1 Å². The van der Waals surface area contributed by atoms with E-state index in [4.69, 9.17) is 16.0 Å². The van der Waals surface area contributed by atoms with Gasteiger partial charge in [-0.05, 0) is 42.8 Å². The van der Waals surface area contributed by atoms with Gasteiger partial charge in [-0.15, -0.1) is 0 Å². The first kappa shape index (κ1) is 16.5. The zero-order valence-corrected chi connectivity index (χ0v) is 13.9. The van der Waals surface area contributed by atoms with E-state index >= 15 is 0 Å². The van der Waals surface area contributed by atoms with Gasteiger partial charge in [0.15, 0.2) is 11.5 Å². The zero-order valence-electron chi connectivity index (χ0n) is 13.1. The molecule has 5 nitrogen and oxygen atoms in total. The third kappa shape index (κ3) is 3.93. The summed E-state index contributed by atoms with van der Waals surface area (Å²) in [4.78, 5) is 16.5. The summed E-state index contributed by atoms with van der Waals surface area (Å²) < 4.78 is 5.74. The molecule has 1 atom stereocenters. The van der Waals surface area contributed by atoms with Crippen LogP contribution in [-0.2, 0) is 6.42 Å². The van der Waals surface area contributed by atoms with Crippen molar-refractivity contribution in [3.8, 4) is 0 Å². The molecule has 1 amide bonds. The van der Waals surface area contributed by atoms with Crippen LogP contribution in [0.15, 0.2) is 46.9 Å². The number of fused-ring (bicyclic) bond motifs is 1. The first-order chi connectivity index (χ1) is 11.5. The number of halogens is 1. The maximum absolute atomic E-state index is 12.0. The van der Waals surface area contributed by atoms with Crippen LogP contribution in [0.5, 0.6) is 0 Å². The minimum Gasteiger partial charge on any atom is -0.440 e. The number of aliphatic hydroxyl groups is 1. The highest BCUT2D eigenvalue weighted by Gasteiger charge is 2.11. The molecule has 0 saturated carbocycles. The Morgan fingerprint density at radius 3 is 2.92 bits per heavy atom. The summed E-state index contributed by atoms with van der Waals surface area (Å²) in [5.41, 5.74) is 2.72. The number of hydrogen-bond donors (Lipinski definition) is 2. The predicted octanol–water partition coefficient (Wildman–Crippen LogP) is 3.18. The first-order valence-electron chi connectivity index (χ1n) is 7.61. The maximum atomic E-state index is 12.0. The topological polar surface area (TPSA) is 75.4 Å². The molecule has 3 rings (SSSR count). The van der Waals surface area contributed by atoms with E-state index in [9.17, 15) is 9.90 Å². The van der Waals surface area contributed by atoms with E-state index < -0.39 is 6.10 Å². The Balaban J connectivity index is 1.80. The minimum atomic E-state index is -0.591. The molecule has 0 unspecified atom stereocenters. The van der Waals surface area contributed by atoms with E-state index in [0.717, 1.165) is 5.56 Å². The van der Waals surface area contributed by atoms with Gasteiger partial charge in [-0.2, -0.15) is 0 Å². The van der Waals surface area contributed by atoms with E-state index in [0.29, 0.717) is 34.0 Å². The molecule has 124 valence electrons. The van der Waals surface area contributed by atoms with Gasteiger partial charge in [0.2, 0.25) is 0 Å². The van der Waals surface area contributed by atoms with E-state index in [1.807, 2.05) is 24.3 Å². The van der Waals surface area contributed by atoms with Crippen LogP contribution in [-0.4, -0.2) is 28.6 Å². The van der Waals surface area contributed by atoms with Crippen LogP contribution in [0.2, 0.25) is 5.02 Å². The van der Waals surface area contributed by atoms with Crippen LogP contribution < -0.4 is 5.32 Å². The van der Waals surface area contributed by atoms with Crippen LogP contribution in [0.25, 0.3) is 11.1 Å². The fraction of sp³-hybridized carbons (Fsp3) is 0.222. The largest absolute Gasteiger partial charge is 0.440 e. The summed E-state index contributed by atoms with van der Waals surface area (Å²) in [5.74, 6) is 0.305. The first-order valence-corrected chi connectivity index (χ1v) is 7.99. The van der Waals surface area contributed by atoms with Crippen LogP contribution >= 0.6 is 11.6 Å². The third-order valence-corrected chi connectivity index (χ3v) is 3.73. The highest BCUT2D eigenvalue weighted by molar-refractivity contribution is 6.30. The lowest BCUT2D eigenvalue weighted by atomic mass is 10.1. The van der Waals surface area contributed by atoms with Crippen molar-refractivity contribution in [2.75, 3.05) is 6.54 Å². The van der Waals surface area contributed by atoms with Gasteiger partial charge in [0, 0.05) is 23.6 Å². The number of carbonyl (C=O) groups excluding carboxylic acids is 1. The molecular formula is C18H17ClN2O3. The SMILES string of the molecule is C[C@H](O)CNC(=O)c1ccc2nc(Cc3cccc(Cl)c3)oc2c1. The fourth-order valence-corrected chi connectivity index (χ4v) is 2.57. The fourth-order valence-electron chi connectivity index (χ4n) is 2.35. The number of amides is 1.